The van der Waals surface area contributed by atoms with Crippen molar-refractivity contribution in [1.29, 1.82) is 0 Å². The van der Waals surface area contributed by atoms with Crippen LogP contribution in [-0.4, -0.2) is 42.8 Å². The number of hydrogen-bond donors (Lipinski definition) is 1. The van der Waals surface area contributed by atoms with E-state index in [1.54, 1.807) is 7.11 Å². The molecule has 0 aromatic rings. The Kier molecular flexibility index (Phi) is 3.80. The molecule has 2 aliphatic heterocycles. The Hall–Kier alpha value is -0.450. The van der Waals surface area contributed by atoms with Crippen LogP contribution in [0.25, 0.3) is 0 Å². The molecule has 0 radical (unpaired) electrons. The molecule has 2 heterocycles. The van der Waals surface area contributed by atoms with Gasteiger partial charge in [-0.05, 0) is 60.0 Å². The summed E-state index contributed by atoms with van der Waals surface area (Å²) in [6, 6.07) is 0. The van der Waals surface area contributed by atoms with Crippen molar-refractivity contribution in [2.45, 2.75) is 63.8 Å². The SMILES string of the molecule is COC1(C(=O)C2CC(C)(C)OC2(C)C)CCNCC1. The van der Waals surface area contributed by atoms with Gasteiger partial charge in [0.25, 0.3) is 0 Å². The monoisotopic (exact) mass is 269 g/mol. The number of rotatable bonds is 3. The molecule has 2 rings (SSSR count). The van der Waals surface area contributed by atoms with Crippen molar-refractivity contribution in [3.63, 3.8) is 0 Å². The second-order valence-corrected chi connectivity index (χ2v) is 7.03. The molecule has 2 aliphatic rings. The van der Waals surface area contributed by atoms with E-state index < -0.39 is 11.2 Å². The number of nitrogens with one attached hydrogen (secondary N) is 1. The van der Waals surface area contributed by atoms with Crippen LogP contribution in [0.5, 0.6) is 0 Å². The van der Waals surface area contributed by atoms with Crippen LogP contribution in [0.1, 0.15) is 47.0 Å². The van der Waals surface area contributed by atoms with Gasteiger partial charge in [0, 0.05) is 7.11 Å². The van der Waals surface area contributed by atoms with Crippen molar-refractivity contribution in [3.05, 3.63) is 0 Å². The molecule has 2 fully saturated rings. The molecule has 1 unspecified atom stereocenters. The minimum absolute atomic E-state index is 0.0828. The predicted molar refractivity (Wildman–Crippen MR) is 74.2 cm³/mol. The number of piperidine rings is 1. The van der Waals surface area contributed by atoms with Gasteiger partial charge in [-0.15, -0.1) is 0 Å². The van der Waals surface area contributed by atoms with Gasteiger partial charge in [-0.2, -0.15) is 0 Å². The van der Waals surface area contributed by atoms with Gasteiger partial charge in [0.2, 0.25) is 0 Å². The topological polar surface area (TPSA) is 47.6 Å². The molecule has 1 N–H and O–H groups in total. The molecule has 110 valence electrons. The van der Waals surface area contributed by atoms with E-state index in [1.807, 2.05) is 13.8 Å². The first-order valence-electron chi connectivity index (χ1n) is 7.23. The second-order valence-electron chi connectivity index (χ2n) is 7.03. The van der Waals surface area contributed by atoms with E-state index in [1.165, 1.54) is 0 Å². The first kappa shape index (κ1) is 14.9. The molecule has 4 nitrogen and oxygen atoms in total. The van der Waals surface area contributed by atoms with E-state index in [0.29, 0.717) is 0 Å². The fraction of sp³-hybridized carbons (Fsp3) is 0.933. The molecule has 19 heavy (non-hydrogen) atoms. The highest BCUT2D eigenvalue weighted by molar-refractivity contribution is 5.91. The zero-order valence-electron chi connectivity index (χ0n) is 12.8. The standard InChI is InChI=1S/C15H27NO3/c1-13(2)10-11(14(3,4)19-13)12(17)15(18-5)6-8-16-9-7-15/h11,16H,6-10H2,1-5H3. The molecule has 0 aromatic carbocycles. The zero-order chi connectivity index (χ0) is 14.3. The van der Waals surface area contributed by atoms with Crippen LogP contribution >= 0.6 is 0 Å². The molecule has 2 saturated heterocycles. The number of methoxy groups -OCH3 is 1. The Morgan fingerprint density at radius 1 is 1.21 bits per heavy atom. The zero-order valence-corrected chi connectivity index (χ0v) is 12.8. The van der Waals surface area contributed by atoms with E-state index in [0.717, 1.165) is 32.4 Å². The number of ketones is 1. The van der Waals surface area contributed by atoms with Crippen LogP contribution in [0.4, 0.5) is 0 Å². The van der Waals surface area contributed by atoms with E-state index >= 15 is 0 Å². The first-order chi connectivity index (χ1) is 8.72. The van der Waals surface area contributed by atoms with Gasteiger partial charge in [0.05, 0.1) is 17.1 Å². The fourth-order valence-electron chi connectivity index (χ4n) is 3.67. The maximum Gasteiger partial charge on any atom is 0.170 e. The summed E-state index contributed by atoms with van der Waals surface area (Å²) in [5, 5.41) is 3.29. The lowest BCUT2D eigenvalue weighted by atomic mass is 9.74. The molecule has 0 amide bonds. The maximum atomic E-state index is 13.0. The number of Topliss-reactive ketones (excluding diaryl/α,β-unsaturated/α-hetero) is 1. The smallest absolute Gasteiger partial charge is 0.170 e. The lowest BCUT2D eigenvalue weighted by Gasteiger charge is -2.39. The Morgan fingerprint density at radius 2 is 1.79 bits per heavy atom. The van der Waals surface area contributed by atoms with Crippen molar-refractivity contribution >= 4 is 5.78 Å². The molecular formula is C15H27NO3. The molecular weight excluding hydrogens is 242 g/mol. The third-order valence-electron chi connectivity index (χ3n) is 4.64. The van der Waals surface area contributed by atoms with Crippen LogP contribution in [-0.2, 0) is 14.3 Å². The summed E-state index contributed by atoms with van der Waals surface area (Å²) in [4.78, 5) is 13.0. The summed E-state index contributed by atoms with van der Waals surface area (Å²) in [5.74, 6) is 0.146. The molecule has 4 heteroatoms. The number of carbonyl (C=O) groups excluding carboxylic acids is 1. The van der Waals surface area contributed by atoms with Gasteiger partial charge in [-0.3, -0.25) is 4.79 Å². The van der Waals surface area contributed by atoms with Crippen LogP contribution in [0, 0.1) is 5.92 Å². The quantitative estimate of drug-likeness (QED) is 0.850. The third kappa shape index (κ3) is 2.71. The van der Waals surface area contributed by atoms with E-state index in [9.17, 15) is 4.79 Å². The van der Waals surface area contributed by atoms with Crippen LogP contribution in [0.15, 0.2) is 0 Å². The van der Waals surface area contributed by atoms with Crippen LogP contribution in [0.2, 0.25) is 0 Å². The molecule has 0 saturated carbocycles. The van der Waals surface area contributed by atoms with Crippen molar-refractivity contribution in [1.82, 2.24) is 5.32 Å². The average Bonchev–Trinajstić information content (AvgIpc) is 2.57. The predicted octanol–water partition coefficient (Wildman–Crippen LogP) is 1.92. The third-order valence-corrected chi connectivity index (χ3v) is 4.64. The number of carbonyl (C=O) groups is 1. The average molecular weight is 269 g/mol. The van der Waals surface area contributed by atoms with Gasteiger partial charge in [0.15, 0.2) is 5.78 Å². The minimum atomic E-state index is -0.614. The lowest BCUT2D eigenvalue weighted by Crippen LogP contribution is -2.54. The summed E-state index contributed by atoms with van der Waals surface area (Å²) in [7, 11) is 1.66. The summed E-state index contributed by atoms with van der Waals surface area (Å²) in [6.07, 6.45) is 2.29. The second kappa shape index (κ2) is 4.83. The van der Waals surface area contributed by atoms with Crippen molar-refractivity contribution < 1.29 is 14.3 Å². The molecule has 0 aliphatic carbocycles. The normalized spacial score (nSPS) is 32.2. The Balaban J connectivity index is 2.23. The molecule has 1 atom stereocenters. The van der Waals surface area contributed by atoms with Crippen LogP contribution in [0.3, 0.4) is 0 Å². The lowest BCUT2D eigenvalue weighted by molar-refractivity contribution is -0.154. The maximum absolute atomic E-state index is 13.0. The highest BCUT2D eigenvalue weighted by Gasteiger charge is 2.54. The highest BCUT2D eigenvalue weighted by atomic mass is 16.5. The number of hydrogen-bond acceptors (Lipinski definition) is 4. The van der Waals surface area contributed by atoms with Gasteiger partial charge in [-0.1, -0.05) is 0 Å². The van der Waals surface area contributed by atoms with E-state index in [-0.39, 0.29) is 17.3 Å². The van der Waals surface area contributed by atoms with Gasteiger partial charge in [-0.25, -0.2) is 0 Å². The fourth-order valence-corrected chi connectivity index (χ4v) is 3.67. The number of ether oxygens (including phenoxy) is 2. The van der Waals surface area contributed by atoms with Crippen molar-refractivity contribution in [2.24, 2.45) is 5.92 Å². The summed E-state index contributed by atoms with van der Waals surface area (Å²) in [6.45, 7) is 9.85. The van der Waals surface area contributed by atoms with E-state index in [2.05, 4.69) is 19.2 Å². The van der Waals surface area contributed by atoms with Gasteiger partial charge >= 0.3 is 0 Å². The minimum Gasteiger partial charge on any atom is -0.370 e. The van der Waals surface area contributed by atoms with Crippen molar-refractivity contribution in [2.75, 3.05) is 20.2 Å². The van der Waals surface area contributed by atoms with Crippen molar-refractivity contribution in [3.8, 4) is 0 Å². The molecule has 0 bridgehead atoms. The Labute approximate surface area is 116 Å². The Morgan fingerprint density at radius 3 is 2.21 bits per heavy atom. The van der Waals surface area contributed by atoms with Crippen LogP contribution < -0.4 is 5.32 Å². The summed E-state index contributed by atoms with van der Waals surface area (Å²) >= 11 is 0. The van der Waals surface area contributed by atoms with E-state index in [4.69, 9.17) is 9.47 Å². The largest absolute Gasteiger partial charge is 0.370 e. The van der Waals surface area contributed by atoms with Gasteiger partial charge < -0.3 is 14.8 Å². The molecule has 0 spiro atoms. The highest BCUT2D eigenvalue weighted by Crippen LogP contribution is 2.45. The van der Waals surface area contributed by atoms with Gasteiger partial charge in [0.1, 0.15) is 5.60 Å². The Bertz CT molecular complexity index is 356. The molecule has 0 aromatic heterocycles. The first-order valence-corrected chi connectivity index (χ1v) is 7.23. The summed E-state index contributed by atoms with van der Waals surface area (Å²) < 4.78 is 11.7. The summed E-state index contributed by atoms with van der Waals surface area (Å²) in [5.41, 5.74) is -1.25.